The summed E-state index contributed by atoms with van der Waals surface area (Å²) in [6.45, 7) is -0.170. The van der Waals surface area contributed by atoms with Crippen molar-refractivity contribution in [3.8, 4) is 0 Å². The molecule has 2 rings (SSSR count). The predicted molar refractivity (Wildman–Crippen MR) is 74.8 cm³/mol. The Hall–Kier alpha value is -2.01. The first-order valence-electron chi connectivity index (χ1n) is 5.46. The van der Waals surface area contributed by atoms with E-state index in [4.69, 9.17) is 0 Å². The van der Waals surface area contributed by atoms with Crippen LogP contribution in [-0.2, 0) is 16.1 Å². The maximum Gasteiger partial charge on any atom is 0.327 e. The number of halogens is 1. The fourth-order valence-corrected chi connectivity index (χ4v) is 2.58. The van der Waals surface area contributed by atoms with Crippen molar-refractivity contribution in [2.45, 2.75) is 16.6 Å². The Morgan fingerprint density at radius 3 is 3.00 bits per heavy atom. The average molecular weight is 374 g/mol. The van der Waals surface area contributed by atoms with Gasteiger partial charge in [-0.05, 0) is 34.3 Å². The molecule has 11 heteroatoms. The molecule has 0 aliphatic carbocycles. The number of hydrogen-bond donors (Lipinski definition) is 0. The number of carbonyl (C=O) groups is 1. The summed E-state index contributed by atoms with van der Waals surface area (Å²) in [6, 6.07) is 4.63. The molecular formula is C10H8BrN5O4S. The van der Waals surface area contributed by atoms with E-state index in [9.17, 15) is 14.9 Å². The summed E-state index contributed by atoms with van der Waals surface area (Å²) in [6.07, 6.45) is 0. The first kappa shape index (κ1) is 15.4. The topological polar surface area (TPSA) is 113 Å². The fraction of sp³-hybridized carbons (Fsp3) is 0.200. The molecule has 1 aromatic carbocycles. The van der Waals surface area contributed by atoms with Crippen LogP contribution in [0.1, 0.15) is 0 Å². The molecule has 0 N–H and O–H groups in total. The van der Waals surface area contributed by atoms with Crippen LogP contribution in [0, 0.1) is 10.1 Å². The van der Waals surface area contributed by atoms with Crippen LogP contribution in [0.2, 0.25) is 0 Å². The second-order valence-corrected chi connectivity index (χ2v) is 5.59. The fourth-order valence-electron chi connectivity index (χ4n) is 1.37. The van der Waals surface area contributed by atoms with Gasteiger partial charge in [0.1, 0.15) is 6.54 Å². The molecule has 0 atom stereocenters. The van der Waals surface area contributed by atoms with Gasteiger partial charge in [0.25, 0.3) is 5.69 Å². The second kappa shape index (κ2) is 6.63. The number of rotatable bonds is 5. The molecule has 0 aliphatic heterocycles. The lowest BCUT2D eigenvalue weighted by Crippen LogP contribution is -2.13. The number of tetrazole rings is 1. The van der Waals surface area contributed by atoms with E-state index < -0.39 is 10.9 Å². The molecule has 1 heterocycles. The number of aromatic nitrogens is 4. The number of ether oxygens (including phenoxy) is 1. The molecule has 0 fully saturated rings. The van der Waals surface area contributed by atoms with Gasteiger partial charge in [0, 0.05) is 10.5 Å². The lowest BCUT2D eigenvalue weighted by Gasteiger charge is -2.04. The van der Waals surface area contributed by atoms with Crippen LogP contribution in [-0.4, -0.2) is 38.2 Å². The third-order valence-corrected chi connectivity index (χ3v) is 3.86. The normalized spacial score (nSPS) is 10.4. The molecule has 0 radical (unpaired) electrons. The first-order chi connectivity index (χ1) is 10.0. The number of methoxy groups -OCH3 is 1. The Morgan fingerprint density at radius 2 is 2.33 bits per heavy atom. The summed E-state index contributed by atoms with van der Waals surface area (Å²) in [5, 5.41) is 22.2. The summed E-state index contributed by atoms with van der Waals surface area (Å²) in [7, 11) is 1.25. The van der Waals surface area contributed by atoms with Crippen molar-refractivity contribution >= 4 is 39.3 Å². The SMILES string of the molecule is COC(=O)Cn1nnnc1Sc1ccc(Br)cc1[N+](=O)[O-]. The monoisotopic (exact) mass is 373 g/mol. The van der Waals surface area contributed by atoms with Gasteiger partial charge in [-0.2, -0.15) is 0 Å². The summed E-state index contributed by atoms with van der Waals surface area (Å²) < 4.78 is 6.33. The number of nitro benzene ring substituents is 1. The Bertz CT molecular complexity index is 692. The molecule has 1 aromatic heterocycles. The van der Waals surface area contributed by atoms with Gasteiger partial charge in [-0.3, -0.25) is 14.9 Å². The number of nitro groups is 1. The summed E-state index contributed by atoms with van der Waals surface area (Å²) in [4.78, 5) is 22.2. The molecule has 9 nitrogen and oxygen atoms in total. The highest BCUT2D eigenvalue weighted by molar-refractivity contribution is 9.10. The largest absolute Gasteiger partial charge is 0.468 e. The van der Waals surface area contributed by atoms with E-state index >= 15 is 0 Å². The van der Waals surface area contributed by atoms with E-state index in [1.165, 1.54) is 17.9 Å². The van der Waals surface area contributed by atoms with Crippen molar-refractivity contribution in [1.29, 1.82) is 0 Å². The molecule has 2 aromatic rings. The van der Waals surface area contributed by atoms with E-state index in [0.29, 0.717) is 9.37 Å². The molecule has 0 saturated carbocycles. The molecule has 21 heavy (non-hydrogen) atoms. The van der Waals surface area contributed by atoms with Crippen molar-refractivity contribution < 1.29 is 14.5 Å². The van der Waals surface area contributed by atoms with E-state index in [1.54, 1.807) is 12.1 Å². The Morgan fingerprint density at radius 1 is 1.57 bits per heavy atom. The predicted octanol–water partition coefficient (Wildman–Crippen LogP) is 1.67. The number of esters is 1. The van der Waals surface area contributed by atoms with E-state index in [0.717, 1.165) is 11.8 Å². The summed E-state index contributed by atoms with van der Waals surface area (Å²) in [5.74, 6) is -0.519. The van der Waals surface area contributed by atoms with Gasteiger partial charge in [0.2, 0.25) is 5.16 Å². The van der Waals surface area contributed by atoms with Crippen LogP contribution >= 0.6 is 27.7 Å². The third-order valence-electron chi connectivity index (χ3n) is 2.32. The maximum absolute atomic E-state index is 11.2. The summed E-state index contributed by atoms with van der Waals surface area (Å²) in [5.41, 5.74) is -0.0815. The minimum atomic E-state index is -0.519. The average Bonchev–Trinajstić information content (AvgIpc) is 2.87. The van der Waals surface area contributed by atoms with Crippen LogP contribution in [0.5, 0.6) is 0 Å². The van der Waals surface area contributed by atoms with E-state index in [-0.39, 0.29) is 17.4 Å². The highest BCUT2D eigenvalue weighted by Crippen LogP contribution is 2.35. The second-order valence-electron chi connectivity index (χ2n) is 3.67. The van der Waals surface area contributed by atoms with Gasteiger partial charge in [-0.25, -0.2) is 4.68 Å². The van der Waals surface area contributed by atoms with E-state index in [1.807, 2.05) is 0 Å². The minimum Gasteiger partial charge on any atom is -0.468 e. The van der Waals surface area contributed by atoms with Crippen molar-refractivity contribution in [1.82, 2.24) is 20.2 Å². The number of benzene rings is 1. The van der Waals surface area contributed by atoms with Crippen molar-refractivity contribution in [3.63, 3.8) is 0 Å². The van der Waals surface area contributed by atoms with Crippen LogP contribution < -0.4 is 0 Å². The zero-order chi connectivity index (χ0) is 15.4. The van der Waals surface area contributed by atoms with Crippen LogP contribution in [0.25, 0.3) is 0 Å². The summed E-state index contributed by atoms with van der Waals surface area (Å²) >= 11 is 4.17. The van der Waals surface area contributed by atoms with Crippen molar-refractivity contribution in [3.05, 3.63) is 32.8 Å². The molecule has 0 amide bonds. The van der Waals surface area contributed by atoms with Crippen LogP contribution in [0.15, 0.2) is 32.7 Å². The zero-order valence-corrected chi connectivity index (χ0v) is 13.0. The number of hydrogen-bond acceptors (Lipinski definition) is 8. The zero-order valence-electron chi connectivity index (χ0n) is 10.6. The standard InChI is InChI=1S/C10H8BrN5O4S/c1-20-9(17)5-15-10(12-13-14-15)21-8-3-2-6(11)4-7(8)16(18)19/h2-4H,5H2,1H3. The quantitative estimate of drug-likeness (QED) is 0.441. The number of carbonyl (C=O) groups excluding carboxylic acids is 1. The molecule has 0 spiro atoms. The van der Waals surface area contributed by atoms with Gasteiger partial charge in [0.05, 0.1) is 16.9 Å². The number of nitrogens with zero attached hydrogens (tertiary/aromatic N) is 5. The Kier molecular flexibility index (Phi) is 4.85. The molecule has 0 saturated heterocycles. The molecule has 0 unspecified atom stereocenters. The van der Waals surface area contributed by atoms with Gasteiger partial charge in [-0.1, -0.05) is 15.9 Å². The molecule has 0 bridgehead atoms. The van der Waals surface area contributed by atoms with E-state index in [2.05, 4.69) is 36.2 Å². The van der Waals surface area contributed by atoms with Gasteiger partial charge in [0.15, 0.2) is 0 Å². The van der Waals surface area contributed by atoms with Gasteiger partial charge < -0.3 is 4.74 Å². The first-order valence-corrected chi connectivity index (χ1v) is 7.07. The lowest BCUT2D eigenvalue weighted by atomic mass is 10.3. The third kappa shape index (κ3) is 3.76. The van der Waals surface area contributed by atoms with Crippen molar-refractivity contribution in [2.24, 2.45) is 0 Å². The molecule has 0 aliphatic rings. The van der Waals surface area contributed by atoms with Crippen LogP contribution in [0.4, 0.5) is 5.69 Å². The maximum atomic E-state index is 11.2. The highest BCUT2D eigenvalue weighted by atomic mass is 79.9. The van der Waals surface area contributed by atoms with Crippen LogP contribution in [0.3, 0.4) is 0 Å². The van der Waals surface area contributed by atoms with Gasteiger partial charge >= 0.3 is 5.97 Å². The highest BCUT2D eigenvalue weighted by Gasteiger charge is 2.19. The molecule has 110 valence electrons. The molecular weight excluding hydrogens is 366 g/mol. The Labute approximate surface area is 130 Å². The Balaban J connectivity index is 2.29. The minimum absolute atomic E-state index is 0.0815. The smallest absolute Gasteiger partial charge is 0.327 e. The van der Waals surface area contributed by atoms with Crippen molar-refractivity contribution in [2.75, 3.05) is 7.11 Å². The van der Waals surface area contributed by atoms with Gasteiger partial charge in [-0.15, -0.1) is 5.10 Å². The lowest BCUT2D eigenvalue weighted by molar-refractivity contribution is -0.387.